The predicted octanol–water partition coefficient (Wildman–Crippen LogP) is 0.123. The predicted molar refractivity (Wildman–Crippen MR) is 64.0 cm³/mol. The summed E-state index contributed by atoms with van der Waals surface area (Å²) in [5, 5.41) is 0.168. The maximum absolute atomic E-state index is 12.3. The van der Waals surface area contributed by atoms with Gasteiger partial charge in [0.2, 0.25) is 0 Å². The van der Waals surface area contributed by atoms with E-state index in [-0.39, 0.29) is 17.1 Å². The van der Waals surface area contributed by atoms with E-state index in [1.165, 1.54) is 16.8 Å². The third-order valence-corrected chi connectivity index (χ3v) is 5.17. The molecular formula is C10H18N4O2S. The number of nitrogens with one attached hydrogen (secondary N) is 1. The molecule has 1 fully saturated rings. The second kappa shape index (κ2) is 4.40. The lowest BCUT2D eigenvalue weighted by atomic mass is 10.1. The van der Waals surface area contributed by atoms with E-state index in [1.54, 1.807) is 0 Å². The fraction of sp³-hybridized carbons (Fsp3) is 0.700. The molecule has 2 heterocycles. The van der Waals surface area contributed by atoms with Crippen molar-refractivity contribution in [3.63, 3.8) is 0 Å². The number of aromatic amines is 1. The molecule has 1 aliphatic rings. The molecule has 0 aromatic carbocycles. The second-order valence-electron chi connectivity index (χ2n) is 4.60. The highest BCUT2D eigenvalue weighted by Crippen LogP contribution is 2.20. The first kappa shape index (κ1) is 12.5. The Balaban J connectivity index is 2.24. The number of imidazole rings is 1. The summed E-state index contributed by atoms with van der Waals surface area (Å²) in [6, 6.07) is 0.438. The zero-order valence-electron chi connectivity index (χ0n) is 10.3. The van der Waals surface area contributed by atoms with E-state index in [0.29, 0.717) is 13.1 Å². The van der Waals surface area contributed by atoms with Crippen molar-refractivity contribution in [2.24, 2.45) is 0 Å². The van der Waals surface area contributed by atoms with Gasteiger partial charge in [-0.15, -0.1) is 0 Å². The van der Waals surface area contributed by atoms with Gasteiger partial charge in [0.25, 0.3) is 10.0 Å². The molecule has 6 nitrogen and oxygen atoms in total. The lowest BCUT2D eigenvalue weighted by Gasteiger charge is -2.41. The summed E-state index contributed by atoms with van der Waals surface area (Å²) < 4.78 is 26.1. The molecule has 2 rings (SSSR count). The molecule has 2 atom stereocenters. The Labute approximate surface area is 102 Å². The van der Waals surface area contributed by atoms with Crippen molar-refractivity contribution < 1.29 is 8.42 Å². The molecule has 1 aliphatic heterocycles. The van der Waals surface area contributed by atoms with Gasteiger partial charge in [-0.05, 0) is 20.9 Å². The van der Waals surface area contributed by atoms with Crippen LogP contribution in [0.5, 0.6) is 0 Å². The van der Waals surface area contributed by atoms with Gasteiger partial charge in [0.15, 0.2) is 5.03 Å². The van der Waals surface area contributed by atoms with Crippen molar-refractivity contribution in [3.05, 3.63) is 12.5 Å². The van der Waals surface area contributed by atoms with Crippen molar-refractivity contribution in [2.45, 2.75) is 31.0 Å². The second-order valence-corrected chi connectivity index (χ2v) is 6.51. The van der Waals surface area contributed by atoms with E-state index in [2.05, 4.69) is 14.9 Å². The fourth-order valence-electron chi connectivity index (χ4n) is 2.08. The molecule has 0 amide bonds. The van der Waals surface area contributed by atoms with Gasteiger partial charge in [-0.2, -0.15) is 4.31 Å². The molecule has 1 aromatic rings. The van der Waals surface area contributed by atoms with E-state index in [1.807, 2.05) is 20.9 Å². The van der Waals surface area contributed by atoms with E-state index in [0.717, 1.165) is 0 Å². The van der Waals surface area contributed by atoms with Crippen molar-refractivity contribution in [2.75, 3.05) is 20.1 Å². The maximum atomic E-state index is 12.3. The number of rotatable bonds is 2. The van der Waals surface area contributed by atoms with Gasteiger partial charge in [-0.25, -0.2) is 13.4 Å². The first-order valence-electron chi connectivity index (χ1n) is 5.63. The maximum Gasteiger partial charge on any atom is 0.260 e. The SMILES string of the molecule is CC1CN(S(=O)(=O)c2cnc[nH]2)CC(C)N1C. The normalized spacial score (nSPS) is 28.4. The van der Waals surface area contributed by atoms with Crippen LogP contribution in [-0.4, -0.2) is 59.8 Å². The van der Waals surface area contributed by atoms with Crippen LogP contribution in [0.1, 0.15) is 13.8 Å². The zero-order chi connectivity index (χ0) is 12.6. The van der Waals surface area contributed by atoms with Gasteiger partial charge in [0.05, 0.1) is 12.5 Å². The Morgan fingerprint density at radius 1 is 1.35 bits per heavy atom. The highest BCUT2D eigenvalue weighted by molar-refractivity contribution is 7.89. The molecule has 0 radical (unpaired) electrons. The summed E-state index contributed by atoms with van der Waals surface area (Å²) >= 11 is 0. The van der Waals surface area contributed by atoms with Crippen molar-refractivity contribution >= 4 is 10.0 Å². The fourth-order valence-corrected chi connectivity index (χ4v) is 3.57. The van der Waals surface area contributed by atoms with Gasteiger partial charge < -0.3 is 4.98 Å². The van der Waals surface area contributed by atoms with Gasteiger partial charge >= 0.3 is 0 Å². The third kappa shape index (κ3) is 2.22. The number of nitrogens with zero attached hydrogens (tertiary/aromatic N) is 3. The topological polar surface area (TPSA) is 69.3 Å². The van der Waals surface area contributed by atoms with Crippen LogP contribution in [0.4, 0.5) is 0 Å². The first-order valence-corrected chi connectivity index (χ1v) is 7.07. The smallest absolute Gasteiger partial charge is 0.260 e. The number of hydrogen-bond acceptors (Lipinski definition) is 4. The average Bonchev–Trinajstić information content (AvgIpc) is 2.79. The number of sulfonamides is 1. The monoisotopic (exact) mass is 258 g/mol. The average molecular weight is 258 g/mol. The van der Waals surface area contributed by atoms with E-state index < -0.39 is 10.0 Å². The molecule has 1 saturated heterocycles. The lowest BCUT2D eigenvalue weighted by molar-refractivity contribution is 0.105. The van der Waals surface area contributed by atoms with Crippen LogP contribution in [0.2, 0.25) is 0 Å². The van der Waals surface area contributed by atoms with Gasteiger partial charge in [0.1, 0.15) is 0 Å². The van der Waals surface area contributed by atoms with Gasteiger partial charge in [-0.1, -0.05) is 0 Å². The largest absolute Gasteiger partial charge is 0.335 e. The number of aromatic nitrogens is 2. The van der Waals surface area contributed by atoms with Crippen molar-refractivity contribution in [3.8, 4) is 0 Å². The van der Waals surface area contributed by atoms with E-state index in [9.17, 15) is 8.42 Å². The summed E-state index contributed by atoms with van der Waals surface area (Å²) in [4.78, 5) is 8.62. The van der Waals surface area contributed by atoms with Crippen LogP contribution >= 0.6 is 0 Å². The van der Waals surface area contributed by atoms with E-state index >= 15 is 0 Å². The molecule has 1 N–H and O–H groups in total. The quantitative estimate of drug-likeness (QED) is 0.818. The Kier molecular flexibility index (Phi) is 3.24. The molecule has 2 unspecified atom stereocenters. The minimum absolute atomic E-state index is 0.168. The number of piperazine rings is 1. The van der Waals surface area contributed by atoms with Crippen LogP contribution in [0.15, 0.2) is 17.6 Å². The molecular weight excluding hydrogens is 240 g/mol. The Hall–Kier alpha value is -0.920. The molecule has 1 aromatic heterocycles. The van der Waals surface area contributed by atoms with Crippen LogP contribution in [0, 0.1) is 0 Å². The first-order chi connectivity index (χ1) is 7.93. The minimum atomic E-state index is -3.42. The van der Waals surface area contributed by atoms with Crippen molar-refractivity contribution in [1.29, 1.82) is 0 Å². The van der Waals surface area contributed by atoms with Crippen molar-refractivity contribution in [1.82, 2.24) is 19.2 Å². The zero-order valence-corrected chi connectivity index (χ0v) is 11.1. The van der Waals surface area contributed by atoms with Crippen LogP contribution in [0.25, 0.3) is 0 Å². The molecule has 0 bridgehead atoms. The third-order valence-electron chi connectivity index (χ3n) is 3.42. The van der Waals surface area contributed by atoms with Crippen LogP contribution < -0.4 is 0 Å². The Bertz CT molecular complexity index is 459. The standard InChI is InChI=1S/C10H18N4O2S/c1-8-5-14(6-9(2)13(8)3)17(15,16)10-4-11-7-12-10/h4,7-9H,5-6H2,1-3H3,(H,11,12). The summed E-state index contributed by atoms with van der Waals surface area (Å²) in [6.07, 6.45) is 2.73. The number of hydrogen-bond donors (Lipinski definition) is 1. The van der Waals surface area contributed by atoms with E-state index in [4.69, 9.17) is 0 Å². The minimum Gasteiger partial charge on any atom is -0.335 e. The molecule has 0 spiro atoms. The highest BCUT2D eigenvalue weighted by Gasteiger charge is 2.34. The highest BCUT2D eigenvalue weighted by atomic mass is 32.2. The van der Waals surface area contributed by atoms with Crippen LogP contribution in [-0.2, 0) is 10.0 Å². The number of H-pyrrole nitrogens is 1. The summed E-state index contributed by atoms with van der Waals surface area (Å²) in [6.45, 7) is 5.10. The Morgan fingerprint density at radius 3 is 2.41 bits per heavy atom. The van der Waals surface area contributed by atoms with Gasteiger partial charge in [0, 0.05) is 25.2 Å². The molecule has 7 heteroatoms. The molecule has 0 saturated carbocycles. The summed E-state index contributed by atoms with van der Waals surface area (Å²) in [5.74, 6) is 0. The number of likely N-dealkylation sites (N-methyl/N-ethyl adjacent to an activating group) is 1. The lowest BCUT2D eigenvalue weighted by Crippen LogP contribution is -2.56. The van der Waals surface area contributed by atoms with Crippen LogP contribution in [0.3, 0.4) is 0 Å². The summed E-state index contributed by atoms with van der Waals surface area (Å²) in [7, 11) is -1.40. The molecule has 0 aliphatic carbocycles. The van der Waals surface area contributed by atoms with Gasteiger partial charge in [-0.3, -0.25) is 4.90 Å². The molecule has 96 valence electrons. The summed E-state index contributed by atoms with van der Waals surface area (Å²) in [5.41, 5.74) is 0. The Morgan fingerprint density at radius 2 is 1.94 bits per heavy atom. The molecule has 17 heavy (non-hydrogen) atoms.